The first-order chi connectivity index (χ1) is 12.9. The molecule has 1 fully saturated rings. The van der Waals surface area contributed by atoms with Crippen molar-refractivity contribution < 1.29 is 14.3 Å². The fraction of sp³-hybridized carbons (Fsp3) is 0.450. The van der Waals surface area contributed by atoms with Gasteiger partial charge in [-0.1, -0.05) is 0 Å². The predicted octanol–water partition coefficient (Wildman–Crippen LogP) is 3.87. The number of thiazole rings is 1. The zero-order chi connectivity index (χ0) is 19.4. The monoisotopic (exact) mass is 387 g/mol. The molecule has 1 aliphatic rings. The average Bonchev–Trinajstić information content (AvgIpc) is 3.05. The summed E-state index contributed by atoms with van der Waals surface area (Å²) in [5, 5.41) is 5.23. The summed E-state index contributed by atoms with van der Waals surface area (Å²) in [7, 11) is 0. The molecule has 0 radical (unpaired) electrons. The second-order valence-corrected chi connectivity index (χ2v) is 7.85. The second-order valence-electron chi connectivity index (χ2n) is 6.99. The number of piperidine rings is 1. The number of aromatic nitrogens is 1. The van der Waals surface area contributed by atoms with Gasteiger partial charge in [-0.15, -0.1) is 11.3 Å². The lowest BCUT2D eigenvalue weighted by Crippen LogP contribution is -2.49. The summed E-state index contributed by atoms with van der Waals surface area (Å²) in [4.78, 5) is 30.9. The first-order valence-corrected chi connectivity index (χ1v) is 10.1. The highest BCUT2D eigenvalue weighted by Gasteiger charge is 2.28. The van der Waals surface area contributed by atoms with E-state index in [4.69, 9.17) is 4.74 Å². The van der Waals surface area contributed by atoms with Crippen molar-refractivity contribution in [1.29, 1.82) is 0 Å². The van der Waals surface area contributed by atoms with Gasteiger partial charge < -0.3 is 9.64 Å². The third kappa shape index (κ3) is 4.86. The molecule has 3 rings (SSSR count). The van der Waals surface area contributed by atoms with E-state index in [9.17, 15) is 9.59 Å². The molecule has 1 aliphatic heterocycles. The largest absolute Gasteiger partial charge is 0.484 e. The average molecular weight is 388 g/mol. The molecule has 1 N–H and O–H groups in total. The smallest absolute Gasteiger partial charge is 0.260 e. The molecule has 1 aromatic carbocycles. The molecular weight excluding hydrogens is 362 g/mol. The molecule has 6 nitrogen and oxygen atoms in total. The topological polar surface area (TPSA) is 71.5 Å². The van der Waals surface area contributed by atoms with Crippen LogP contribution >= 0.6 is 11.3 Å². The molecule has 7 heteroatoms. The van der Waals surface area contributed by atoms with Gasteiger partial charge in [-0.3, -0.25) is 14.9 Å². The summed E-state index contributed by atoms with van der Waals surface area (Å²) in [6.07, 6.45) is 3.24. The first-order valence-electron chi connectivity index (χ1n) is 9.21. The van der Waals surface area contributed by atoms with Gasteiger partial charge in [0.25, 0.3) is 11.8 Å². The van der Waals surface area contributed by atoms with Crippen LogP contribution in [0.2, 0.25) is 0 Å². The molecule has 27 heavy (non-hydrogen) atoms. The summed E-state index contributed by atoms with van der Waals surface area (Å²) in [6.45, 7) is 6.07. The Hall–Kier alpha value is -2.41. The normalized spacial score (nSPS) is 19.6. The lowest BCUT2D eigenvalue weighted by atomic mass is 9.97. The van der Waals surface area contributed by atoms with E-state index in [-0.39, 0.29) is 30.5 Å². The van der Waals surface area contributed by atoms with E-state index in [0.29, 0.717) is 16.4 Å². The number of carbonyl (C=O) groups is 2. The number of anilines is 1. The molecule has 0 spiro atoms. The van der Waals surface area contributed by atoms with Crippen LogP contribution in [0.3, 0.4) is 0 Å². The van der Waals surface area contributed by atoms with Crippen molar-refractivity contribution >= 4 is 28.3 Å². The van der Waals surface area contributed by atoms with Gasteiger partial charge in [0.1, 0.15) is 5.75 Å². The third-order valence-corrected chi connectivity index (χ3v) is 5.68. The maximum Gasteiger partial charge on any atom is 0.260 e. The Morgan fingerprint density at radius 1 is 1.22 bits per heavy atom. The number of ether oxygens (including phenoxy) is 1. The molecule has 0 aliphatic carbocycles. The van der Waals surface area contributed by atoms with Gasteiger partial charge in [0.05, 0.1) is 5.69 Å². The maximum atomic E-state index is 12.5. The zero-order valence-corrected chi connectivity index (χ0v) is 16.7. The highest BCUT2D eigenvalue weighted by atomic mass is 32.1. The number of nitrogens with one attached hydrogen (secondary N) is 1. The number of nitrogens with zero attached hydrogens (tertiary/aromatic N) is 2. The molecule has 1 saturated heterocycles. The molecule has 2 atom stereocenters. The SMILES string of the molecule is Cc1csc(NC(=O)c2ccc(OCC(=O)N3C(C)CCCC3C)cc2)n1. The van der Waals surface area contributed by atoms with Crippen molar-refractivity contribution in [2.45, 2.75) is 52.1 Å². The van der Waals surface area contributed by atoms with Crippen LogP contribution in [-0.2, 0) is 4.79 Å². The van der Waals surface area contributed by atoms with E-state index >= 15 is 0 Å². The fourth-order valence-corrected chi connectivity index (χ4v) is 4.10. The lowest BCUT2D eigenvalue weighted by molar-refractivity contribution is -0.139. The van der Waals surface area contributed by atoms with Crippen LogP contribution in [0, 0.1) is 6.92 Å². The molecule has 2 aromatic rings. The van der Waals surface area contributed by atoms with Gasteiger partial charge in [0.15, 0.2) is 11.7 Å². The summed E-state index contributed by atoms with van der Waals surface area (Å²) < 4.78 is 5.64. The fourth-order valence-electron chi connectivity index (χ4n) is 3.42. The molecule has 1 aromatic heterocycles. The third-order valence-electron chi connectivity index (χ3n) is 4.80. The van der Waals surface area contributed by atoms with Crippen LogP contribution in [0.4, 0.5) is 5.13 Å². The van der Waals surface area contributed by atoms with E-state index in [2.05, 4.69) is 24.1 Å². The summed E-state index contributed by atoms with van der Waals surface area (Å²) in [5.41, 5.74) is 1.39. The molecule has 144 valence electrons. The van der Waals surface area contributed by atoms with Gasteiger partial charge in [-0.05, 0) is 64.3 Å². The predicted molar refractivity (Wildman–Crippen MR) is 106 cm³/mol. The van der Waals surface area contributed by atoms with E-state index in [1.54, 1.807) is 24.3 Å². The standard InChI is InChI=1S/C20H25N3O3S/c1-13-12-27-20(21-13)22-19(25)16-7-9-17(10-8-16)26-11-18(24)23-14(2)5-4-6-15(23)3/h7-10,12,14-15H,4-6,11H2,1-3H3,(H,21,22,25). The van der Waals surface area contributed by atoms with Gasteiger partial charge in [-0.2, -0.15) is 0 Å². The zero-order valence-electron chi connectivity index (χ0n) is 15.9. The van der Waals surface area contributed by atoms with Crippen molar-refractivity contribution in [3.63, 3.8) is 0 Å². The number of likely N-dealkylation sites (tertiary alicyclic amines) is 1. The Labute approximate surface area is 163 Å². The van der Waals surface area contributed by atoms with Crippen LogP contribution in [-0.4, -0.2) is 40.4 Å². The molecule has 0 bridgehead atoms. The van der Waals surface area contributed by atoms with Crippen molar-refractivity contribution in [1.82, 2.24) is 9.88 Å². The number of amides is 2. The quantitative estimate of drug-likeness (QED) is 0.845. The summed E-state index contributed by atoms with van der Waals surface area (Å²) in [5.74, 6) is 0.362. The van der Waals surface area contributed by atoms with Gasteiger partial charge >= 0.3 is 0 Å². The van der Waals surface area contributed by atoms with E-state index in [1.807, 2.05) is 17.2 Å². The van der Waals surface area contributed by atoms with E-state index in [0.717, 1.165) is 25.0 Å². The summed E-state index contributed by atoms with van der Waals surface area (Å²) in [6, 6.07) is 7.29. The minimum atomic E-state index is -0.219. The second kappa shape index (κ2) is 8.52. The Bertz CT molecular complexity index is 793. The first kappa shape index (κ1) is 19.4. The minimum absolute atomic E-state index is 0.00987. The van der Waals surface area contributed by atoms with E-state index in [1.165, 1.54) is 11.3 Å². The van der Waals surface area contributed by atoms with Crippen LogP contribution < -0.4 is 10.1 Å². The lowest BCUT2D eigenvalue weighted by Gasteiger charge is -2.38. The molecule has 2 amide bonds. The number of hydrogen-bond acceptors (Lipinski definition) is 5. The van der Waals surface area contributed by atoms with Gasteiger partial charge in [0, 0.05) is 23.0 Å². The molecular formula is C20H25N3O3S. The Balaban J connectivity index is 1.54. The molecule has 2 unspecified atom stereocenters. The minimum Gasteiger partial charge on any atom is -0.484 e. The summed E-state index contributed by atoms with van der Waals surface area (Å²) >= 11 is 1.39. The van der Waals surface area contributed by atoms with E-state index < -0.39 is 0 Å². The van der Waals surface area contributed by atoms with Crippen molar-refractivity contribution in [3.8, 4) is 5.75 Å². The van der Waals surface area contributed by atoms with Gasteiger partial charge in [-0.25, -0.2) is 4.98 Å². The van der Waals surface area contributed by atoms with Crippen LogP contribution in [0.5, 0.6) is 5.75 Å². The number of aryl methyl sites for hydroxylation is 1. The molecule has 2 heterocycles. The number of rotatable bonds is 5. The van der Waals surface area contributed by atoms with Crippen LogP contribution in [0.15, 0.2) is 29.6 Å². The maximum absolute atomic E-state index is 12.5. The number of hydrogen-bond donors (Lipinski definition) is 1. The Morgan fingerprint density at radius 2 is 1.89 bits per heavy atom. The Morgan fingerprint density at radius 3 is 2.48 bits per heavy atom. The van der Waals surface area contributed by atoms with Crippen LogP contribution in [0.25, 0.3) is 0 Å². The van der Waals surface area contributed by atoms with Crippen molar-refractivity contribution in [2.75, 3.05) is 11.9 Å². The van der Waals surface area contributed by atoms with Crippen molar-refractivity contribution in [3.05, 3.63) is 40.9 Å². The Kier molecular flexibility index (Phi) is 6.11. The number of benzene rings is 1. The van der Waals surface area contributed by atoms with Crippen LogP contribution in [0.1, 0.15) is 49.2 Å². The molecule has 0 saturated carbocycles. The highest BCUT2D eigenvalue weighted by Crippen LogP contribution is 2.23. The highest BCUT2D eigenvalue weighted by molar-refractivity contribution is 7.13. The number of carbonyl (C=O) groups excluding carboxylic acids is 2. The van der Waals surface area contributed by atoms with Gasteiger partial charge in [0.2, 0.25) is 0 Å². The van der Waals surface area contributed by atoms with Crippen molar-refractivity contribution in [2.24, 2.45) is 0 Å².